The number of nitrogens with two attached hydrogens (primary N) is 1. The van der Waals surface area contributed by atoms with Crippen LogP contribution in [0.3, 0.4) is 0 Å². The fraction of sp³-hybridized carbons (Fsp3) is 0.125. The second kappa shape index (κ2) is 6.09. The predicted molar refractivity (Wildman–Crippen MR) is 83.4 cm³/mol. The summed E-state index contributed by atoms with van der Waals surface area (Å²) in [5.41, 5.74) is 8.89. The Hall–Kier alpha value is -2.82. The molecule has 21 heavy (non-hydrogen) atoms. The van der Waals surface area contributed by atoms with E-state index in [1.807, 2.05) is 13.0 Å². The van der Waals surface area contributed by atoms with Gasteiger partial charge in [-0.3, -0.25) is 9.59 Å². The predicted octanol–water partition coefficient (Wildman–Crippen LogP) is 2.19. The van der Waals surface area contributed by atoms with Crippen molar-refractivity contribution in [1.29, 1.82) is 0 Å². The number of benzene rings is 2. The number of carbonyl (C=O) groups excluding carboxylic acids is 2. The van der Waals surface area contributed by atoms with Gasteiger partial charge in [-0.15, -0.1) is 0 Å². The van der Waals surface area contributed by atoms with Gasteiger partial charge in [0.1, 0.15) is 0 Å². The Morgan fingerprint density at radius 3 is 2.10 bits per heavy atom. The lowest BCUT2D eigenvalue weighted by molar-refractivity contribution is 0.0961. The molecule has 0 radical (unpaired) electrons. The largest absolute Gasteiger partial charge is 0.399 e. The van der Waals surface area contributed by atoms with Crippen LogP contribution in [0.5, 0.6) is 0 Å². The highest BCUT2D eigenvalue weighted by atomic mass is 16.2. The zero-order chi connectivity index (χ0) is 15.4. The average Bonchev–Trinajstić information content (AvgIpc) is 2.50. The first-order valence-electron chi connectivity index (χ1n) is 6.51. The number of hydrogen-bond acceptors (Lipinski definition) is 3. The van der Waals surface area contributed by atoms with Crippen LogP contribution in [0.2, 0.25) is 0 Å². The molecule has 2 amide bonds. The SMILES string of the molecule is CNC(=O)c1ccc(C(=O)Nc2cc(N)ccc2C)cc1. The summed E-state index contributed by atoms with van der Waals surface area (Å²) in [6, 6.07) is 11.8. The summed E-state index contributed by atoms with van der Waals surface area (Å²) in [5, 5.41) is 5.34. The molecule has 0 aromatic heterocycles. The lowest BCUT2D eigenvalue weighted by Gasteiger charge is -2.09. The molecule has 5 heteroatoms. The number of carbonyl (C=O) groups is 2. The molecule has 108 valence electrons. The van der Waals surface area contributed by atoms with E-state index in [0.29, 0.717) is 22.5 Å². The van der Waals surface area contributed by atoms with E-state index < -0.39 is 0 Å². The number of rotatable bonds is 3. The van der Waals surface area contributed by atoms with Crippen molar-refractivity contribution in [2.45, 2.75) is 6.92 Å². The van der Waals surface area contributed by atoms with Gasteiger partial charge in [0.2, 0.25) is 0 Å². The van der Waals surface area contributed by atoms with E-state index in [0.717, 1.165) is 5.56 Å². The zero-order valence-corrected chi connectivity index (χ0v) is 11.9. The summed E-state index contributed by atoms with van der Waals surface area (Å²) >= 11 is 0. The minimum absolute atomic E-state index is 0.186. The van der Waals surface area contributed by atoms with Gasteiger partial charge >= 0.3 is 0 Å². The van der Waals surface area contributed by atoms with Gasteiger partial charge in [0, 0.05) is 29.5 Å². The monoisotopic (exact) mass is 283 g/mol. The molecular formula is C16H17N3O2. The van der Waals surface area contributed by atoms with Crippen molar-refractivity contribution in [2.75, 3.05) is 18.1 Å². The highest BCUT2D eigenvalue weighted by Gasteiger charge is 2.09. The standard InChI is InChI=1S/C16H17N3O2/c1-10-3-8-13(17)9-14(10)19-16(21)12-6-4-11(5-7-12)15(20)18-2/h3-9H,17H2,1-2H3,(H,18,20)(H,19,21). The van der Waals surface area contributed by atoms with Crippen LogP contribution < -0.4 is 16.4 Å². The maximum absolute atomic E-state index is 12.2. The van der Waals surface area contributed by atoms with Gasteiger partial charge < -0.3 is 16.4 Å². The lowest BCUT2D eigenvalue weighted by atomic mass is 10.1. The van der Waals surface area contributed by atoms with Gasteiger partial charge in [0.25, 0.3) is 11.8 Å². The Morgan fingerprint density at radius 1 is 0.952 bits per heavy atom. The number of amides is 2. The van der Waals surface area contributed by atoms with Crippen LogP contribution >= 0.6 is 0 Å². The van der Waals surface area contributed by atoms with Crippen molar-refractivity contribution in [3.05, 3.63) is 59.2 Å². The fourth-order valence-corrected chi connectivity index (χ4v) is 1.89. The summed E-state index contributed by atoms with van der Waals surface area (Å²) in [5.74, 6) is -0.430. The Kier molecular flexibility index (Phi) is 4.23. The second-order valence-corrected chi connectivity index (χ2v) is 4.68. The van der Waals surface area contributed by atoms with E-state index in [1.54, 1.807) is 43.4 Å². The van der Waals surface area contributed by atoms with Crippen LogP contribution in [0.4, 0.5) is 11.4 Å². The van der Waals surface area contributed by atoms with Gasteiger partial charge in [0.05, 0.1) is 0 Å². The number of nitrogens with one attached hydrogen (secondary N) is 2. The smallest absolute Gasteiger partial charge is 0.255 e. The number of hydrogen-bond donors (Lipinski definition) is 3. The maximum atomic E-state index is 12.2. The summed E-state index contributed by atoms with van der Waals surface area (Å²) < 4.78 is 0. The third kappa shape index (κ3) is 3.39. The van der Waals surface area contributed by atoms with Crippen LogP contribution in [-0.2, 0) is 0 Å². The molecule has 0 aliphatic carbocycles. The van der Waals surface area contributed by atoms with Crippen LogP contribution in [-0.4, -0.2) is 18.9 Å². The summed E-state index contributed by atoms with van der Waals surface area (Å²) in [6.45, 7) is 1.89. The third-order valence-corrected chi connectivity index (χ3v) is 3.15. The first-order chi connectivity index (χ1) is 10.0. The van der Waals surface area contributed by atoms with Crippen molar-refractivity contribution < 1.29 is 9.59 Å². The molecule has 2 aromatic rings. The molecule has 0 saturated heterocycles. The van der Waals surface area contributed by atoms with E-state index in [-0.39, 0.29) is 11.8 Å². The maximum Gasteiger partial charge on any atom is 0.255 e. The van der Waals surface area contributed by atoms with Gasteiger partial charge in [-0.2, -0.15) is 0 Å². The summed E-state index contributed by atoms with van der Waals surface area (Å²) in [6.07, 6.45) is 0. The molecule has 0 atom stereocenters. The number of nitrogen functional groups attached to an aromatic ring is 1. The molecule has 0 heterocycles. The van der Waals surface area contributed by atoms with Crippen molar-refractivity contribution in [2.24, 2.45) is 0 Å². The van der Waals surface area contributed by atoms with Gasteiger partial charge in [-0.1, -0.05) is 6.07 Å². The van der Waals surface area contributed by atoms with Gasteiger partial charge in [0.15, 0.2) is 0 Å². The fourth-order valence-electron chi connectivity index (χ4n) is 1.89. The van der Waals surface area contributed by atoms with Crippen molar-refractivity contribution in [3.63, 3.8) is 0 Å². The minimum atomic E-state index is -0.243. The third-order valence-electron chi connectivity index (χ3n) is 3.15. The molecule has 0 fully saturated rings. The number of anilines is 2. The highest BCUT2D eigenvalue weighted by molar-refractivity contribution is 6.05. The Morgan fingerprint density at radius 2 is 1.52 bits per heavy atom. The highest BCUT2D eigenvalue weighted by Crippen LogP contribution is 2.19. The van der Waals surface area contributed by atoms with E-state index in [1.165, 1.54) is 0 Å². The molecule has 2 rings (SSSR count). The lowest BCUT2D eigenvalue weighted by Crippen LogP contribution is -2.18. The zero-order valence-electron chi connectivity index (χ0n) is 11.9. The molecule has 0 spiro atoms. The molecule has 0 unspecified atom stereocenters. The van der Waals surface area contributed by atoms with E-state index >= 15 is 0 Å². The van der Waals surface area contributed by atoms with Crippen molar-refractivity contribution in [3.8, 4) is 0 Å². The van der Waals surface area contributed by atoms with Crippen LogP contribution in [0.25, 0.3) is 0 Å². The Labute approximate surface area is 123 Å². The summed E-state index contributed by atoms with van der Waals surface area (Å²) in [7, 11) is 1.56. The molecule has 5 nitrogen and oxygen atoms in total. The molecule has 0 saturated carbocycles. The Bertz CT molecular complexity index is 678. The molecule has 0 bridgehead atoms. The van der Waals surface area contributed by atoms with E-state index in [9.17, 15) is 9.59 Å². The molecule has 4 N–H and O–H groups in total. The normalized spacial score (nSPS) is 10.0. The van der Waals surface area contributed by atoms with E-state index in [2.05, 4.69) is 10.6 Å². The Balaban J connectivity index is 2.17. The number of aryl methyl sites for hydroxylation is 1. The molecule has 0 aliphatic heterocycles. The topological polar surface area (TPSA) is 84.2 Å². The minimum Gasteiger partial charge on any atom is -0.399 e. The van der Waals surface area contributed by atoms with Crippen LogP contribution in [0, 0.1) is 6.92 Å². The van der Waals surface area contributed by atoms with Gasteiger partial charge in [-0.05, 0) is 48.9 Å². The quantitative estimate of drug-likeness (QED) is 0.755. The first kappa shape index (κ1) is 14.6. The molecule has 2 aromatic carbocycles. The average molecular weight is 283 g/mol. The van der Waals surface area contributed by atoms with Crippen molar-refractivity contribution >= 4 is 23.2 Å². The van der Waals surface area contributed by atoms with E-state index in [4.69, 9.17) is 5.73 Å². The van der Waals surface area contributed by atoms with Gasteiger partial charge in [-0.25, -0.2) is 0 Å². The first-order valence-corrected chi connectivity index (χ1v) is 6.51. The van der Waals surface area contributed by atoms with Crippen molar-refractivity contribution in [1.82, 2.24) is 5.32 Å². The van der Waals surface area contributed by atoms with Crippen LogP contribution in [0.15, 0.2) is 42.5 Å². The van der Waals surface area contributed by atoms with Crippen LogP contribution in [0.1, 0.15) is 26.3 Å². The molecule has 0 aliphatic rings. The summed E-state index contributed by atoms with van der Waals surface area (Å²) in [4.78, 5) is 23.6. The second-order valence-electron chi connectivity index (χ2n) is 4.68. The molecular weight excluding hydrogens is 266 g/mol.